The number of benzene rings is 2. The standard InChI is InChI=1S/C21H26N4O2/c1-4-12-27-19-11-6-5-9-18(19)15-25-21(23-3)24-14-16-8-7-10-17(13-16)20(26)22-2/h4-11,13H,1,12,14-15H2,2-3H3,(H,22,26)(H2,23,24,25). The van der Waals surface area contributed by atoms with Crippen molar-refractivity contribution >= 4 is 11.9 Å². The summed E-state index contributed by atoms with van der Waals surface area (Å²) in [5.74, 6) is 1.38. The molecule has 0 atom stereocenters. The summed E-state index contributed by atoms with van der Waals surface area (Å²) in [7, 11) is 3.34. The van der Waals surface area contributed by atoms with Gasteiger partial charge >= 0.3 is 0 Å². The lowest BCUT2D eigenvalue weighted by Gasteiger charge is -2.14. The fourth-order valence-corrected chi connectivity index (χ4v) is 2.49. The fraction of sp³-hybridized carbons (Fsp3) is 0.238. The predicted molar refractivity (Wildman–Crippen MR) is 109 cm³/mol. The average Bonchev–Trinajstić information content (AvgIpc) is 2.72. The summed E-state index contributed by atoms with van der Waals surface area (Å²) in [6, 6.07) is 15.3. The highest BCUT2D eigenvalue weighted by molar-refractivity contribution is 5.94. The second-order valence-electron chi connectivity index (χ2n) is 5.77. The van der Waals surface area contributed by atoms with Crippen molar-refractivity contribution in [3.8, 4) is 5.75 Å². The van der Waals surface area contributed by atoms with Crippen molar-refractivity contribution in [2.75, 3.05) is 20.7 Å². The number of hydrogen-bond donors (Lipinski definition) is 3. The van der Waals surface area contributed by atoms with Crippen LogP contribution in [0.15, 0.2) is 66.2 Å². The summed E-state index contributed by atoms with van der Waals surface area (Å²) in [6.45, 7) is 5.27. The van der Waals surface area contributed by atoms with Crippen molar-refractivity contribution in [3.05, 3.63) is 77.9 Å². The quantitative estimate of drug-likeness (QED) is 0.381. The van der Waals surface area contributed by atoms with Crippen LogP contribution in [0.4, 0.5) is 0 Å². The lowest BCUT2D eigenvalue weighted by atomic mass is 10.1. The number of hydrogen-bond acceptors (Lipinski definition) is 3. The summed E-state index contributed by atoms with van der Waals surface area (Å²) in [5.41, 5.74) is 2.66. The Balaban J connectivity index is 1.94. The number of carbonyl (C=O) groups is 1. The lowest BCUT2D eigenvalue weighted by molar-refractivity contribution is 0.0963. The van der Waals surface area contributed by atoms with Gasteiger partial charge in [-0.15, -0.1) is 0 Å². The van der Waals surface area contributed by atoms with Gasteiger partial charge in [0.2, 0.25) is 0 Å². The molecule has 0 radical (unpaired) electrons. The molecule has 0 bridgehead atoms. The predicted octanol–water partition coefficient (Wildman–Crippen LogP) is 2.48. The minimum Gasteiger partial charge on any atom is -0.489 e. The second kappa shape index (κ2) is 10.7. The third-order valence-corrected chi connectivity index (χ3v) is 3.88. The molecule has 2 aromatic rings. The Hall–Kier alpha value is -3.28. The summed E-state index contributed by atoms with van der Waals surface area (Å²) < 4.78 is 5.67. The Morgan fingerprint density at radius 2 is 1.93 bits per heavy atom. The van der Waals surface area contributed by atoms with Gasteiger partial charge in [0.25, 0.3) is 5.91 Å². The summed E-state index contributed by atoms with van der Waals surface area (Å²) in [4.78, 5) is 16.0. The summed E-state index contributed by atoms with van der Waals surface area (Å²) >= 11 is 0. The van der Waals surface area contributed by atoms with E-state index in [1.54, 1.807) is 26.2 Å². The Labute approximate surface area is 160 Å². The molecular weight excluding hydrogens is 340 g/mol. The van der Waals surface area contributed by atoms with Gasteiger partial charge in [-0.05, 0) is 23.8 Å². The molecule has 0 spiro atoms. The molecule has 6 heteroatoms. The highest BCUT2D eigenvalue weighted by Crippen LogP contribution is 2.17. The van der Waals surface area contributed by atoms with Gasteiger partial charge in [-0.1, -0.05) is 43.0 Å². The molecule has 0 aliphatic carbocycles. The first-order valence-corrected chi connectivity index (χ1v) is 8.75. The van der Waals surface area contributed by atoms with Gasteiger partial charge in [-0.2, -0.15) is 0 Å². The highest BCUT2D eigenvalue weighted by atomic mass is 16.5. The van der Waals surface area contributed by atoms with Crippen molar-refractivity contribution in [1.29, 1.82) is 0 Å². The monoisotopic (exact) mass is 366 g/mol. The van der Waals surface area contributed by atoms with E-state index in [1.807, 2.05) is 42.5 Å². The maximum Gasteiger partial charge on any atom is 0.251 e. The molecular formula is C21H26N4O2. The third-order valence-electron chi connectivity index (χ3n) is 3.88. The van der Waals surface area contributed by atoms with Gasteiger partial charge in [-0.25, -0.2) is 0 Å². The molecule has 0 fully saturated rings. The first-order chi connectivity index (χ1) is 13.2. The molecule has 0 aromatic heterocycles. The summed E-state index contributed by atoms with van der Waals surface area (Å²) in [6.07, 6.45) is 1.72. The van der Waals surface area contributed by atoms with E-state index in [2.05, 4.69) is 27.5 Å². The van der Waals surface area contributed by atoms with Crippen LogP contribution < -0.4 is 20.7 Å². The van der Waals surface area contributed by atoms with Crippen LogP contribution >= 0.6 is 0 Å². The van der Waals surface area contributed by atoms with Gasteiger partial charge in [0.1, 0.15) is 12.4 Å². The van der Waals surface area contributed by atoms with Gasteiger partial charge in [0.05, 0.1) is 0 Å². The Morgan fingerprint density at radius 1 is 1.15 bits per heavy atom. The van der Waals surface area contributed by atoms with Crippen molar-refractivity contribution < 1.29 is 9.53 Å². The Bertz CT molecular complexity index is 802. The van der Waals surface area contributed by atoms with Gasteiger partial charge < -0.3 is 20.7 Å². The number of amides is 1. The number of nitrogens with one attached hydrogen (secondary N) is 3. The van der Waals surface area contributed by atoms with Crippen LogP contribution in [0.2, 0.25) is 0 Å². The number of nitrogens with zero attached hydrogens (tertiary/aromatic N) is 1. The molecule has 0 saturated heterocycles. The highest BCUT2D eigenvalue weighted by Gasteiger charge is 2.06. The Morgan fingerprint density at radius 3 is 2.67 bits per heavy atom. The van der Waals surface area contributed by atoms with Gasteiger partial charge in [0, 0.05) is 38.3 Å². The first-order valence-electron chi connectivity index (χ1n) is 8.75. The minimum atomic E-state index is -0.101. The molecule has 2 rings (SSSR count). The first kappa shape index (κ1) is 20.0. The Kier molecular flexibility index (Phi) is 7.91. The maximum absolute atomic E-state index is 11.7. The van der Waals surface area contributed by atoms with Crippen molar-refractivity contribution in [3.63, 3.8) is 0 Å². The molecule has 1 amide bonds. The second-order valence-corrected chi connectivity index (χ2v) is 5.77. The molecule has 142 valence electrons. The number of guanidine groups is 1. The van der Waals surface area contributed by atoms with Crippen molar-refractivity contribution in [2.24, 2.45) is 4.99 Å². The number of ether oxygens (including phenoxy) is 1. The zero-order valence-corrected chi connectivity index (χ0v) is 15.8. The number of para-hydroxylation sites is 1. The average molecular weight is 366 g/mol. The fourth-order valence-electron chi connectivity index (χ4n) is 2.49. The van der Waals surface area contributed by atoms with Gasteiger partial charge in [0.15, 0.2) is 5.96 Å². The third kappa shape index (κ3) is 6.18. The van der Waals surface area contributed by atoms with E-state index < -0.39 is 0 Å². The molecule has 0 heterocycles. The van der Waals surface area contributed by atoms with E-state index in [9.17, 15) is 4.79 Å². The molecule has 0 unspecified atom stereocenters. The zero-order chi connectivity index (χ0) is 19.5. The minimum absolute atomic E-state index is 0.101. The number of aliphatic imine (C=N–C) groups is 1. The van der Waals surface area contributed by atoms with Crippen LogP contribution in [0.5, 0.6) is 5.75 Å². The normalized spacial score (nSPS) is 10.8. The van der Waals surface area contributed by atoms with Crippen molar-refractivity contribution in [1.82, 2.24) is 16.0 Å². The molecule has 2 aromatic carbocycles. The van der Waals surface area contributed by atoms with Crippen LogP contribution in [0.3, 0.4) is 0 Å². The molecule has 0 aliphatic rings. The number of carbonyl (C=O) groups excluding carboxylic acids is 1. The molecule has 0 aliphatic heterocycles. The van der Waals surface area contributed by atoms with E-state index in [0.717, 1.165) is 16.9 Å². The van der Waals surface area contributed by atoms with Crippen LogP contribution in [0.25, 0.3) is 0 Å². The van der Waals surface area contributed by atoms with E-state index in [0.29, 0.717) is 31.2 Å². The van der Waals surface area contributed by atoms with Crippen LogP contribution in [0.1, 0.15) is 21.5 Å². The van der Waals surface area contributed by atoms with Crippen LogP contribution in [0, 0.1) is 0 Å². The molecule has 0 saturated carbocycles. The van der Waals surface area contributed by atoms with Crippen molar-refractivity contribution in [2.45, 2.75) is 13.1 Å². The molecule has 3 N–H and O–H groups in total. The number of rotatable bonds is 8. The summed E-state index contributed by atoms with van der Waals surface area (Å²) in [5, 5.41) is 9.16. The van der Waals surface area contributed by atoms with E-state index in [1.165, 1.54) is 0 Å². The SMILES string of the molecule is C=CCOc1ccccc1CNC(=NC)NCc1cccc(C(=O)NC)c1. The van der Waals surface area contributed by atoms with Gasteiger partial charge in [-0.3, -0.25) is 9.79 Å². The van der Waals surface area contributed by atoms with E-state index >= 15 is 0 Å². The largest absolute Gasteiger partial charge is 0.489 e. The van der Waals surface area contributed by atoms with Crippen LogP contribution in [-0.2, 0) is 13.1 Å². The topological polar surface area (TPSA) is 74.8 Å². The van der Waals surface area contributed by atoms with E-state index in [4.69, 9.17) is 4.74 Å². The maximum atomic E-state index is 11.7. The van der Waals surface area contributed by atoms with Crippen LogP contribution in [-0.4, -0.2) is 32.6 Å². The smallest absolute Gasteiger partial charge is 0.251 e. The van der Waals surface area contributed by atoms with E-state index in [-0.39, 0.29) is 5.91 Å². The molecule has 27 heavy (non-hydrogen) atoms. The lowest BCUT2D eigenvalue weighted by Crippen LogP contribution is -2.36. The molecule has 6 nitrogen and oxygen atoms in total. The zero-order valence-electron chi connectivity index (χ0n) is 15.8.